The summed E-state index contributed by atoms with van der Waals surface area (Å²) >= 11 is 0. The molecule has 0 bridgehead atoms. The van der Waals surface area contributed by atoms with Crippen LogP contribution in [-0.4, -0.2) is 65.1 Å². The fourth-order valence-corrected chi connectivity index (χ4v) is 4.18. The maximum Gasteiger partial charge on any atom is 0.246 e. The highest BCUT2D eigenvalue weighted by molar-refractivity contribution is 5.64. The summed E-state index contributed by atoms with van der Waals surface area (Å²) < 4.78 is 7.16. The molecule has 3 aromatic rings. The third-order valence-corrected chi connectivity index (χ3v) is 5.99. The van der Waals surface area contributed by atoms with Gasteiger partial charge in [0.1, 0.15) is 6.33 Å². The molecule has 7 nitrogen and oxygen atoms in total. The molecule has 5 rings (SSSR count). The second-order valence-electron chi connectivity index (χ2n) is 8.20. The molecule has 0 spiro atoms. The van der Waals surface area contributed by atoms with Gasteiger partial charge >= 0.3 is 0 Å². The minimum Gasteiger partial charge on any atom is -0.378 e. The van der Waals surface area contributed by atoms with E-state index < -0.39 is 0 Å². The molecular weight excluding hydrogens is 376 g/mol. The molecule has 156 valence electrons. The lowest BCUT2D eigenvalue weighted by atomic mass is 10.1. The zero-order valence-electron chi connectivity index (χ0n) is 17.6. The van der Waals surface area contributed by atoms with Crippen LogP contribution < -0.4 is 10.2 Å². The van der Waals surface area contributed by atoms with Crippen LogP contribution >= 0.6 is 0 Å². The summed E-state index contributed by atoms with van der Waals surface area (Å²) in [6.45, 7) is 10.3. The minimum absolute atomic E-state index is 0.601. The molecule has 0 radical (unpaired) electrons. The first-order valence-electron chi connectivity index (χ1n) is 10.6. The summed E-state index contributed by atoms with van der Waals surface area (Å²) in [5, 5.41) is 8.00. The first-order chi connectivity index (χ1) is 14.7. The van der Waals surface area contributed by atoms with Crippen molar-refractivity contribution < 1.29 is 4.74 Å². The molecule has 1 aromatic heterocycles. The first kappa shape index (κ1) is 19.1. The molecular formula is C23H28N6O. The maximum atomic E-state index is 5.35. The Morgan fingerprint density at radius 1 is 1.00 bits per heavy atom. The second-order valence-corrected chi connectivity index (χ2v) is 8.20. The van der Waals surface area contributed by atoms with Crippen LogP contribution in [0.15, 0.2) is 48.8 Å². The third kappa shape index (κ3) is 3.91. The van der Waals surface area contributed by atoms with Crippen molar-refractivity contribution in [2.24, 2.45) is 0 Å². The number of para-hydroxylation sites is 1. The zero-order valence-corrected chi connectivity index (χ0v) is 17.6. The predicted molar refractivity (Wildman–Crippen MR) is 119 cm³/mol. The summed E-state index contributed by atoms with van der Waals surface area (Å²) in [6, 6.07) is 15.4. The average molecular weight is 405 g/mol. The Balaban J connectivity index is 1.29. The lowest BCUT2D eigenvalue weighted by Gasteiger charge is -2.43. The molecule has 1 N–H and O–H groups in total. The van der Waals surface area contributed by atoms with E-state index in [1.165, 1.54) is 16.8 Å². The van der Waals surface area contributed by atoms with Gasteiger partial charge in [0.2, 0.25) is 5.95 Å². The normalized spacial score (nSPS) is 17.7. The van der Waals surface area contributed by atoms with E-state index in [0.717, 1.165) is 50.8 Å². The number of anilines is 3. The highest BCUT2D eigenvalue weighted by Gasteiger charge is 2.29. The molecule has 0 unspecified atom stereocenters. The van der Waals surface area contributed by atoms with Gasteiger partial charge in [0.15, 0.2) is 0 Å². The summed E-state index contributed by atoms with van der Waals surface area (Å²) in [4.78, 5) is 9.47. The molecule has 30 heavy (non-hydrogen) atoms. The van der Waals surface area contributed by atoms with E-state index in [0.29, 0.717) is 12.0 Å². The van der Waals surface area contributed by atoms with Crippen LogP contribution in [0.3, 0.4) is 0 Å². The predicted octanol–water partition coefficient (Wildman–Crippen LogP) is 3.15. The lowest BCUT2D eigenvalue weighted by molar-refractivity contribution is -0.0660. The number of nitrogens with zero attached hydrogens (tertiary/aromatic N) is 5. The van der Waals surface area contributed by atoms with E-state index in [2.05, 4.69) is 63.3 Å². The van der Waals surface area contributed by atoms with E-state index in [1.54, 1.807) is 6.33 Å². The molecule has 0 aliphatic carbocycles. The van der Waals surface area contributed by atoms with Gasteiger partial charge in [0.05, 0.1) is 24.9 Å². The number of nitrogens with one attached hydrogen (secondary N) is 1. The van der Waals surface area contributed by atoms with Gasteiger partial charge in [-0.05, 0) is 49.2 Å². The molecule has 7 heteroatoms. The zero-order chi connectivity index (χ0) is 20.5. The van der Waals surface area contributed by atoms with Crippen LogP contribution in [0.5, 0.6) is 0 Å². The van der Waals surface area contributed by atoms with Gasteiger partial charge in [0, 0.05) is 37.6 Å². The van der Waals surface area contributed by atoms with E-state index in [9.17, 15) is 0 Å². The van der Waals surface area contributed by atoms with Crippen molar-refractivity contribution >= 4 is 17.3 Å². The van der Waals surface area contributed by atoms with Crippen molar-refractivity contribution in [1.82, 2.24) is 19.7 Å². The van der Waals surface area contributed by atoms with Gasteiger partial charge in [-0.15, -0.1) is 5.10 Å². The van der Waals surface area contributed by atoms with Gasteiger partial charge in [-0.2, -0.15) is 4.98 Å². The summed E-state index contributed by atoms with van der Waals surface area (Å²) in [7, 11) is 0. The Bertz CT molecular complexity index is 1020. The number of rotatable bonds is 5. The van der Waals surface area contributed by atoms with Crippen LogP contribution in [0, 0.1) is 13.8 Å². The van der Waals surface area contributed by atoms with Crippen molar-refractivity contribution in [3.8, 4) is 5.69 Å². The molecule has 2 fully saturated rings. The van der Waals surface area contributed by atoms with Gasteiger partial charge in [-0.1, -0.05) is 18.2 Å². The Kier molecular flexibility index (Phi) is 5.14. The topological polar surface area (TPSA) is 58.5 Å². The van der Waals surface area contributed by atoms with Crippen LogP contribution in [0.25, 0.3) is 5.69 Å². The Hall–Kier alpha value is -2.90. The molecule has 0 amide bonds. The smallest absolute Gasteiger partial charge is 0.246 e. The van der Waals surface area contributed by atoms with Crippen LogP contribution in [0.4, 0.5) is 17.3 Å². The SMILES string of the molecule is Cc1cc(Nc2ncn(-c3ccccc3C)n2)cc(N2CCN(C3COC3)CC2)c1. The Morgan fingerprint density at radius 3 is 2.53 bits per heavy atom. The third-order valence-electron chi connectivity index (χ3n) is 5.99. The van der Waals surface area contributed by atoms with Crippen molar-refractivity contribution in [3.63, 3.8) is 0 Å². The summed E-state index contributed by atoms with van der Waals surface area (Å²) in [6.07, 6.45) is 1.75. The van der Waals surface area contributed by atoms with Gasteiger partial charge in [-0.3, -0.25) is 4.90 Å². The number of ether oxygens (including phenoxy) is 1. The highest BCUT2D eigenvalue weighted by atomic mass is 16.5. The van der Waals surface area contributed by atoms with Gasteiger partial charge < -0.3 is 15.0 Å². The molecule has 0 atom stereocenters. The molecule has 2 saturated heterocycles. The number of hydrogen-bond donors (Lipinski definition) is 1. The molecule has 3 heterocycles. The molecule has 2 aliphatic heterocycles. The molecule has 0 saturated carbocycles. The largest absolute Gasteiger partial charge is 0.378 e. The van der Waals surface area contributed by atoms with Crippen LogP contribution in [-0.2, 0) is 4.74 Å². The van der Waals surface area contributed by atoms with Crippen molar-refractivity contribution in [2.75, 3.05) is 49.6 Å². The highest BCUT2D eigenvalue weighted by Crippen LogP contribution is 2.26. The van der Waals surface area contributed by atoms with E-state index in [-0.39, 0.29) is 0 Å². The monoisotopic (exact) mass is 404 g/mol. The quantitative estimate of drug-likeness (QED) is 0.705. The second kappa shape index (κ2) is 8.08. The molecule has 2 aliphatic rings. The number of aryl methyl sites for hydroxylation is 2. The lowest BCUT2D eigenvalue weighted by Crippen LogP contribution is -2.56. The van der Waals surface area contributed by atoms with E-state index in [1.807, 2.05) is 22.9 Å². The Labute approximate surface area is 177 Å². The fraction of sp³-hybridized carbons (Fsp3) is 0.391. The minimum atomic E-state index is 0.601. The number of aromatic nitrogens is 3. The fourth-order valence-electron chi connectivity index (χ4n) is 4.18. The number of hydrogen-bond acceptors (Lipinski definition) is 6. The Morgan fingerprint density at radius 2 is 1.80 bits per heavy atom. The summed E-state index contributed by atoms with van der Waals surface area (Å²) in [5.74, 6) is 0.601. The number of piperazine rings is 1. The van der Waals surface area contributed by atoms with Crippen molar-refractivity contribution in [3.05, 3.63) is 59.9 Å². The standard InChI is InChI=1S/C23H28N6O/c1-17-11-19(25-23-24-16-29(26-23)22-6-4-3-5-18(22)2)13-20(12-17)27-7-9-28(10-8-27)21-14-30-15-21/h3-6,11-13,16,21H,7-10,14-15H2,1-2H3,(H,25,26). The molecule has 2 aromatic carbocycles. The average Bonchev–Trinajstić information content (AvgIpc) is 3.15. The van der Waals surface area contributed by atoms with Gasteiger partial charge in [0.25, 0.3) is 0 Å². The van der Waals surface area contributed by atoms with Crippen LogP contribution in [0.2, 0.25) is 0 Å². The summed E-state index contributed by atoms with van der Waals surface area (Å²) in [5.41, 5.74) is 5.70. The van der Waals surface area contributed by atoms with E-state index >= 15 is 0 Å². The maximum absolute atomic E-state index is 5.35. The van der Waals surface area contributed by atoms with Crippen LogP contribution in [0.1, 0.15) is 11.1 Å². The van der Waals surface area contributed by atoms with Crippen molar-refractivity contribution in [2.45, 2.75) is 19.9 Å². The number of benzene rings is 2. The van der Waals surface area contributed by atoms with Gasteiger partial charge in [-0.25, -0.2) is 4.68 Å². The van der Waals surface area contributed by atoms with E-state index in [4.69, 9.17) is 4.74 Å². The van der Waals surface area contributed by atoms with Crippen molar-refractivity contribution in [1.29, 1.82) is 0 Å². The first-order valence-corrected chi connectivity index (χ1v) is 10.6.